The van der Waals surface area contributed by atoms with Crippen molar-refractivity contribution in [1.29, 1.82) is 0 Å². The molecule has 1 heterocycles. The number of benzene rings is 2. The second kappa shape index (κ2) is 7.28. The van der Waals surface area contributed by atoms with Gasteiger partial charge in [-0.3, -0.25) is 10.1 Å². The zero-order chi connectivity index (χ0) is 19.8. The Balaban J connectivity index is 2.04. The van der Waals surface area contributed by atoms with Crippen molar-refractivity contribution in [2.45, 2.75) is 37.6 Å². The number of nitrogens with zero attached hydrogens (tertiary/aromatic N) is 2. The summed E-state index contributed by atoms with van der Waals surface area (Å²) < 4.78 is 33.4. The molecule has 1 aliphatic heterocycles. The minimum absolute atomic E-state index is 0.00890. The van der Waals surface area contributed by atoms with Gasteiger partial charge in [0.05, 0.1) is 23.0 Å². The molecule has 2 aromatic rings. The lowest BCUT2D eigenvalue weighted by Crippen LogP contribution is -2.31. The van der Waals surface area contributed by atoms with Crippen LogP contribution in [0.5, 0.6) is 5.75 Å². The predicted octanol–water partition coefficient (Wildman–Crippen LogP) is 3.75. The van der Waals surface area contributed by atoms with E-state index >= 15 is 0 Å². The third-order valence-corrected chi connectivity index (χ3v) is 7.14. The largest absolute Gasteiger partial charge is 0.497 e. The Labute approximate surface area is 158 Å². The fourth-order valence-corrected chi connectivity index (χ4v) is 5.50. The second-order valence-electron chi connectivity index (χ2n) is 6.69. The first-order valence-corrected chi connectivity index (χ1v) is 10.1. The van der Waals surface area contributed by atoms with Crippen LogP contribution in [0.3, 0.4) is 0 Å². The summed E-state index contributed by atoms with van der Waals surface area (Å²) in [6.45, 7) is 3.76. The van der Waals surface area contributed by atoms with Crippen LogP contribution < -0.4 is 4.74 Å². The summed E-state index contributed by atoms with van der Waals surface area (Å²) in [5.74, 6) is 0.705. The van der Waals surface area contributed by atoms with E-state index in [1.54, 1.807) is 33.1 Å². The normalized spacial score (nSPS) is 17.8. The third-order valence-electron chi connectivity index (χ3n) is 5.11. The Bertz CT molecular complexity index is 970. The minimum Gasteiger partial charge on any atom is -0.497 e. The molecule has 0 N–H and O–H groups in total. The Hall–Kier alpha value is -2.45. The Morgan fingerprint density at radius 3 is 2.44 bits per heavy atom. The van der Waals surface area contributed by atoms with Crippen LogP contribution in [0.1, 0.15) is 35.6 Å². The first kappa shape index (κ1) is 19.3. The van der Waals surface area contributed by atoms with Gasteiger partial charge in [0, 0.05) is 18.7 Å². The lowest BCUT2D eigenvalue weighted by Gasteiger charge is -2.25. The number of nitro benzene ring substituents is 1. The van der Waals surface area contributed by atoms with Crippen molar-refractivity contribution in [2.75, 3.05) is 13.7 Å². The van der Waals surface area contributed by atoms with Gasteiger partial charge >= 0.3 is 0 Å². The van der Waals surface area contributed by atoms with E-state index in [0.717, 1.165) is 12.0 Å². The molecule has 0 aliphatic carbocycles. The maximum atomic E-state index is 13.4. The van der Waals surface area contributed by atoms with E-state index in [1.165, 1.54) is 16.4 Å². The van der Waals surface area contributed by atoms with Crippen molar-refractivity contribution in [3.05, 3.63) is 63.2 Å². The van der Waals surface area contributed by atoms with Crippen LogP contribution in [-0.2, 0) is 10.0 Å². The molecule has 0 bridgehead atoms. The lowest BCUT2D eigenvalue weighted by atomic mass is 10.1. The van der Waals surface area contributed by atoms with Gasteiger partial charge in [-0.2, -0.15) is 4.31 Å². The molecule has 0 aromatic heterocycles. The van der Waals surface area contributed by atoms with Crippen LogP contribution in [0.25, 0.3) is 0 Å². The first-order chi connectivity index (χ1) is 12.8. The van der Waals surface area contributed by atoms with Crippen molar-refractivity contribution >= 4 is 15.7 Å². The highest BCUT2D eigenvalue weighted by Gasteiger charge is 2.37. The molecule has 27 heavy (non-hydrogen) atoms. The van der Waals surface area contributed by atoms with Gasteiger partial charge in [0.1, 0.15) is 5.75 Å². The van der Waals surface area contributed by atoms with Crippen LogP contribution >= 0.6 is 0 Å². The molecular weight excluding hydrogens is 368 g/mol. The number of rotatable bonds is 5. The quantitative estimate of drug-likeness (QED) is 0.573. The molecule has 1 atom stereocenters. The highest BCUT2D eigenvalue weighted by Crippen LogP contribution is 2.38. The molecule has 0 spiro atoms. The van der Waals surface area contributed by atoms with Gasteiger partial charge in [-0.15, -0.1) is 0 Å². The highest BCUT2D eigenvalue weighted by molar-refractivity contribution is 7.89. The van der Waals surface area contributed by atoms with E-state index in [4.69, 9.17) is 4.74 Å². The summed E-state index contributed by atoms with van der Waals surface area (Å²) in [7, 11) is -2.29. The van der Waals surface area contributed by atoms with Gasteiger partial charge in [-0.05, 0) is 55.5 Å². The van der Waals surface area contributed by atoms with Crippen molar-refractivity contribution in [2.24, 2.45) is 0 Å². The van der Waals surface area contributed by atoms with Gasteiger partial charge < -0.3 is 4.74 Å². The van der Waals surface area contributed by atoms with Gasteiger partial charge in [0.2, 0.25) is 10.0 Å². The zero-order valence-electron chi connectivity index (χ0n) is 15.5. The number of methoxy groups -OCH3 is 1. The number of aryl methyl sites for hydroxylation is 1. The number of hydrogen-bond donors (Lipinski definition) is 0. The fourth-order valence-electron chi connectivity index (χ4n) is 3.50. The van der Waals surface area contributed by atoms with E-state index in [-0.39, 0.29) is 16.6 Å². The molecule has 1 fully saturated rings. The van der Waals surface area contributed by atoms with Crippen molar-refractivity contribution in [1.82, 2.24) is 4.31 Å². The van der Waals surface area contributed by atoms with Crippen LogP contribution in [0, 0.1) is 24.0 Å². The molecule has 0 unspecified atom stereocenters. The van der Waals surface area contributed by atoms with E-state index in [9.17, 15) is 18.5 Å². The predicted molar refractivity (Wildman–Crippen MR) is 101 cm³/mol. The minimum atomic E-state index is -3.86. The average molecular weight is 390 g/mol. The zero-order valence-corrected chi connectivity index (χ0v) is 16.3. The Morgan fingerprint density at radius 1 is 1.19 bits per heavy atom. The number of hydrogen-bond acceptors (Lipinski definition) is 5. The standard InChI is InChI=1S/C19H22N2O5S/c1-13-11-16(21(22)23)12-19(14(13)2)27(24,25)20-10-4-5-18(20)15-6-8-17(26-3)9-7-15/h6-9,11-12,18H,4-5,10H2,1-3H3/t18-/m0/s1. The molecule has 144 valence electrons. The number of non-ortho nitro benzene ring substituents is 1. The van der Waals surface area contributed by atoms with Gasteiger partial charge in [-0.25, -0.2) is 8.42 Å². The van der Waals surface area contributed by atoms with Crippen molar-refractivity contribution in [3.63, 3.8) is 0 Å². The molecule has 1 saturated heterocycles. The molecule has 0 amide bonds. The summed E-state index contributed by atoms with van der Waals surface area (Å²) in [5, 5.41) is 11.2. The van der Waals surface area contributed by atoms with Gasteiger partial charge in [0.15, 0.2) is 0 Å². The lowest BCUT2D eigenvalue weighted by molar-refractivity contribution is -0.385. The summed E-state index contributed by atoms with van der Waals surface area (Å²) >= 11 is 0. The molecule has 0 saturated carbocycles. The SMILES string of the molecule is COc1ccc([C@@H]2CCCN2S(=O)(=O)c2cc([N+](=O)[O-])cc(C)c2C)cc1. The average Bonchev–Trinajstić information content (AvgIpc) is 3.14. The van der Waals surface area contributed by atoms with Crippen molar-refractivity contribution in [3.8, 4) is 5.75 Å². The van der Waals surface area contributed by atoms with Crippen LogP contribution in [-0.4, -0.2) is 31.3 Å². The van der Waals surface area contributed by atoms with Crippen molar-refractivity contribution < 1.29 is 18.1 Å². The van der Waals surface area contributed by atoms with E-state index in [1.807, 2.05) is 12.1 Å². The topological polar surface area (TPSA) is 89.8 Å². The summed E-state index contributed by atoms with van der Waals surface area (Å²) in [6.07, 6.45) is 1.45. The number of nitro groups is 1. The van der Waals surface area contributed by atoms with Crippen LogP contribution in [0.15, 0.2) is 41.3 Å². The Morgan fingerprint density at radius 2 is 1.85 bits per heavy atom. The van der Waals surface area contributed by atoms with Crippen LogP contribution in [0.4, 0.5) is 5.69 Å². The molecule has 2 aromatic carbocycles. The third kappa shape index (κ3) is 3.54. The maximum absolute atomic E-state index is 13.4. The van der Waals surface area contributed by atoms with Gasteiger partial charge in [0.25, 0.3) is 5.69 Å². The van der Waals surface area contributed by atoms with Gasteiger partial charge in [-0.1, -0.05) is 12.1 Å². The monoisotopic (exact) mass is 390 g/mol. The summed E-state index contributed by atoms with van der Waals surface area (Å²) in [4.78, 5) is 10.6. The molecule has 0 radical (unpaired) electrons. The Kier molecular flexibility index (Phi) is 5.21. The molecular formula is C19H22N2O5S. The smallest absolute Gasteiger partial charge is 0.271 e. The fraction of sp³-hybridized carbons (Fsp3) is 0.368. The number of sulfonamides is 1. The maximum Gasteiger partial charge on any atom is 0.271 e. The summed E-state index contributed by atoms with van der Waals surface area (Å²) in [5.41, 5.74) is 1.80. The first-order valence-electron chi connectivity index (χ1n) is 8.67. The van der Waals surface area contributed by atoms with E-state index < -0.39 is 14.9 Å². The second-order valence-corrected chi connectivity index (χ2v) is 8.55. The van der Waals surface area contributed by atoms with E-state index in [2.05, 4.69) is 0 Å². The molecule has 7 nitrogen and oxygen atoms in total. The summed E-state index contributed by atoms with van der Waals surface area (Å²) in [6, 6.07) is 9.62. The molecule has 1 aliphatic rings. The van der Waals surface area contributed by atoms with Crippen LogP contribution in [0.2, 0.25) is 0 Å². The molecule has 3 rings (SSSR count). The highest BCUT2D eigenvalue weighted by atomic mass is 32.2. The number of ether oxygens (including phenoxy) is 1. The molecule has 8 heteroatoms. The van der Waals surface area contributed by atoms with E-state index in [0.29, 0.717) is 29.8 Å².